The van der Waals surface area contributed by atoms with Crippen LogP contribution in [-0.2, 0) is 17.8 Å². The van der Waals surface area contributed by atoms with E-state index in [0.29, 0.717) is 56.7 Å². The molecule has 2 aliphatic rings. The fourth-order valence-corrected chi connectivity index (χ4v) is 5.97. The molecule has 0 bridgehead atoms. The minimum atomic E-state index is -1.07. The molecule has 12 nitrogen and oxygen atoms in total. The zero-order valence-corrected chi connectivity index (χ0v) is 27.3. The predicted molar refractivity (Wildman–Crippen MR) is 181 cm³/mol. The lowest BCUT2D eigenvalue weighted by Gasteiger charge is -2.34. The number of aromatic nitrogens is 2. The zero-order valence-electron chi connectivity index (χ0n) is 27.3. The fourth-order valence-electron chi connectivity index (χ4n) is 5.97. The molecule has 2 aromatic carbocycles. The van der Waals surface area contributed by atoms with E-state index in [4.69, 9.17) is 9.72 Å². The summed E-state index contributed by atoms with van der Waals surface area (Å²) >= 11 is 0. The van der Waals surface area contributed by atoms with Crippen molar-refractivity contribution in [1.29, 1.82) is 0 Å². The number of urea groups is 1. The van der Waals surface area contributed by atoms with Crippen LogP contribution in [-0.4, -0.2) is 88.3 Å². The van der Waals surface area contributed by atoms with Crippen molar-refractivity contribution in [3.8, 4) is 5.75 Å². The molecule has 1 aromatic heterocycles. The molecule has 47 heavy (non-hydrogen) atoms. The maximum atomic E-state index is 14.1. The van der Waals surface area contributed by atoms with E-state index < -0.39 is 12.0 Å². The Balaban J connectivity index is 1.43. The van der Waals surface area contributed by atoms with E-state index in [-0.39, 0.29) is 30.9 Å². The quantitative estimate of drug-likeness (QED) is 0.258. The van der Waals surface area contributed by atoms with E-state index in [0.717, 1.165) is 43.2 Å². The lowest BCUT2D eigenvalue weighted by Crippen LogP contribution is -2.46. The monoisotopic (exact) mass is 643 g/mol. The Morgan fingerprint density at radius 1 is 0.872 bits per heavy atom. The molecule has 1 atom stereocenters. The highest BCUT2D eigenvalue weighted by atomic mass is 16.6. The minimum Gasteiger partial charge on any atom is -0.480 e. The van der Waals surface area contributed by atoms with Crippen LogP contribution in [0.15, 0.2) is 60.8 Å². The van der Waals surface area contributed by atoms with Crippen LogP contribution in [0.5, 0.6) is 5.75 Å². The molecule has 2 saturated heterocycles. The molecule has 0 saturated carbocycles. The van der Waals surface area contributed by atoms with Crippen molar-refractivity contribution in [3.05, 3.63) is 71.9 Å². The van der Waals surface area contributed by atoms with Crippen LogP contribution in [0.1, 0.15) is 57.1 Å². The molecule has 3 aromatic rings. The second-order valence-corrected chi connectivity index (χ2v) is 11.9. The average Bonchev–Trinajstić information content (AvgIpc) is 3.65. The number of piperidine rings is 1. The summed E-state index contributed by atoms with van der Waals surface area (Å²) < 4.78 is 5.51. The molecule has 2 fully saturated rings. The van der Waals surface area contributed by atoms with E-state index in [1.54, 1.807) is 40.3 Å². The summed E-state index contributed by atoms with van der Waals surface area (Å²) in [4.78, 5) is 55.8. The molecule has 5 rings (SSSR count). The van der Waals surface area contributed by atoms with Crippen molar-refractivity contribution in [3.63, 3.8) is 0 Å². The van der Waals surface area contributed by atoms with Gasteiger partial charge in [0.2, 0.25) is 5.95 Å². The van der Waals surface area contributed by atoms with Crippen LogP contribution in [0.3, 0.4) is 0 Å². The Kier molecular flexibility index (Phi) is 11.5. The standard InChI is InChI=1S/C35H45N7O5/c1-3-39(4-2)33-36-24-30(42(25-27-13-7-5-8-14-27)34(45)40-19-9-6-10-20-40)31(38-33)37-29(32(43)44)23-26-15-17-28(18-16-26)47-35(46)41-21-11-12-22-41/h5,7-8,13-18,24,29H,3-4,6,9-12,19-23,25H2,1-2H3,(H,43,44)(H,36,37,38)/t29-/m0/s1. The van der Waals surface area contributed by atoms with Crippen molar-refractivity contribution < 1.29 is 24.2 Å². The Hall–Kier alpha value is -4.87. The number of carboxylic acid groups (broad SMARTS) is 1. The first-order valence-electron chi connectivity index (χ1n) is 16.6. The number of carbonyl (C=O) groups is 3. The smallest absolute Gasteiger partial charge is 0.415 e. The third kappa shape index (κ3) is 8.69. The lowest BCUT2D eigenvalue weighted by molar-refractivity contribution is -0.137. The molecule has 2 N–H and O–H groups in total. The Morgan fingerprint density at radius 3 is 2.15 bits per heavy atom. The van der Waals surface area contributed by atoms with Crippen molar-refractivity contribution in [2.45, 2.75) is 65.0 Å². The number of benzene rings is 2. The first kappa shape index (κ1) is 33.5. The van der Waals surface area contributed by atoms with E-state index in [2.05, 4.69) is 10.3 Å². The van der Waals surface area contributed by atoms with Gasteiger partial charge in [0, 0.05) is 45.7 Å². The van der Waals surface area contributed by atoms with Gasteiger partial charge in [-0.3, -0.25) is 4.90 Å². The average molecular weight is 644 g/mol. The summed E-state index contributed by atoms with van der Waals surface area (Å²) in [6.07, 6.45) is 6.26. The van der Waals surface area contributed by atoms with Gasteiger partial charge >= 0.3 is 18.1 Å². The van der Waals surface area contributed by atoms with Crippen LogP contribution < -0.4 is 19.9 Å². The zero-order chi connectivity index (χ0) is 33.2. The largest absolute Gasteiger partial charge is 0.480 e. The molecule has 3 heterocycles. The number of hydrogen-bond acceptors (Lipinski definition) is 8. The van der Waals surface area contributed by atoms with Crippen molar-refractivity contribution in [1.82, 2.24) is 19.8 Å². The molecular weight excluding hydrogens is 598 g/mol. The van der Waals surface area contributed by atoms with Crippen LogP contribution >= 0.6 is 0 Å². The number of carbonyl (C=O) groups excluding carboxylic acids is 2. The molecule has 2 aliphatic heterocycles. The van der Waals surface area contributed by atoms with Gasteiger partial charge in [0.25, 0.3) is 0 Å². The molecule has 0 radical (unpaired) electrons. The molecular formula is C35H45N7O5. The van der Waals surface area contributed by atoms with E-state index in [1.165, 1.54) is 0 Å². The van der Waals surface area contributed by atoms with Crippen molar-refractivity contribution >= 4 is 35.5 Å². The third-order valence-corrected chi connectivity index (χ3v) is 8.68. The Bertz CT molecular complexity index is 1490. The van der Waals surface area contributed by atoms with Gasteiger partial charge in [-0.2, -0.15) is 4.98 Å². The van der Waals surface area contributed by atoms with Crippen LogP contribution in [0.25, 0.3) is 0 Å². The van der Waals surface area contributed by atoms with E-state index in [1.807, 2.05) is 54.0 Å². The van der Waals surface area contributed by atoms with Gasteiger partial charge < -0.3 is 29.9 Å². The van der Waals surface area contributed by atoms with E-state index in [9.17, 15) is 19.5 Å². The highest BCUT2D eigenvalue weighted by Gasteiger charge is 2.29. The second-order valence-electron chi connectivity index (χ2n) is 11.9. The Morgan fingerprint density at radius 2 is 1.51 bits per heavy atom. The van der Waals surface area contributed by atoms with Crippen molar-refractivity contribution in [2.75, 3.05) is 54.4 Å². The van der Waals surface area contributed by atoms with Crippen LogP contribution in [0, 0.1) is 0 Å². The van der Waals surface area contributed by atoms with Crippen LogP contribution in [0.2, 0.25) is 0 Å². The number of amides is 3. The summed E-state index contributed by atoms with van der Waals surface area (Å²) in [7, 11) is 0. The summed E-state index contributed by atoms with van der Waals surface area (Å²) in [6, 6.07) is 15.3. The number of rotatable bonds is 12. The molecule has 12 heteroatoms. The molecule has 3 amide bonds. The van der Waals surface area contributed by atoms with Crippen LogP contribution in [0.4, 0.5) is 27.0 Å². The summed E-state index contributed by atoms with van der Waals surface area (Å²) in [5.74, 6) is 0.0482. The number of carboxylic acids is 1. The summed E-state index contributed by atoms with van der Waals surface area (Å²) in [5, 5.41) is 13.5. The van der Waals surface area contributed by atoms with Gasteiger partial charge in [-0.25, -0.2) is 19.4 Å². The lowest BCUT2D eigenvalue weighted by atomic mass is 10.1. The minimum absolute atomic E-state index is 0.123. The molecule has 250 valence electrons. The van der Waals surface area contributed by atoms with Gasteiger partial charge in [0.15, 0.2) is 5.82 Å². The molecule has 0 aliphatic carbocycles. The highest BCUT2D eigenvalue weighted by molar-refractivity contribution is 5.95. The SMILES string of the molecule is CCN(CC)c1ncc(N(Cc2ccccc2)C(=O)N2CCCCC2)c(N[C@@H](Cc2ccc(OC(=O)N3CCCC3)cc2)C(=O)O)n1. The number of likely N-dealkylation sites (tertiary alicyclic amines) is 2. The Labute approximate surface area is 276 Å². The maximum Gasteiger partial charge on any atom is 0.415 e. The summed E-state index contributed by atoms with van der Waals surface area (Å²) in [6.45, 7) is 8.29. The number of aliphatic carboxylic acids is 1. The predicted octanol–water partition coefficient (Wildman–Crippen LogP) is 5.64. The van der Waals surface area contributed by atoms with Gasteiger partial charge in [-0.1, -0.05) is 42.5 Å². The maximum absolute atomic E-state index is 14.1. The van der Waals surface area contributed by atoms with Crippen molar-refractivity contribution in [2.24, 2.45) is 0 Å². The topological polar surface area (TPSA) is 131 Å². The first-order chi connectivity index (χ1) is 22.9. The molecule has 0 spiro atoms. The normalized spacial score (nSPS) is 15.2. The second kappa shape index (κ2) is 16.1. The van der Waals surface area contributed by atoms with Gasteiger partial charge in [0.1, 0.15) is 17.5 Å². The fraction of sp³-hybridized carbons (Fsp3) is 0.457. The summed E-state index contributed by atoms with van der Waals surface area (Å²) in [5.41, 5.74) is 2.07. The van der Waals surface area contributed by atoms with E-state index >= 15 is 0 Å². The highest BCUT2D eigenvalue weighted by Crippen LogP contribution is 2.30. The number of anilines is 3. The van der Waals surface area contributed by atoms with Gasteiger partial charge in [0.05, 0.1) is 12.7 Å². The molecule has 0 unspecified atom stereocenters. The number of ether oxygens (including phenoxy) is 1. The number of hydrogen-bond donors (Lipinski definition) is 2. The van der Waals surface area contributed by atoms with Gasteiger partial charge in [-0.05, 0) is 69.2 Å². The first-order valence-corrected chi connectivity index (χ1v) is 16.6. The number of nitrogens with one attached hydrogen (secondary N) is 1. The third-order valence-electron chi connectivity index (χ3n) is 8.68. The number of nitrogens with zero attached hydrogens (tertiary/aromatic N) is 6. The van der Waals surface area contributed by atoms with Gasteiger partial charge in [-0.15, -0.1) is 0 Å².